The van der Waals surface area contributed by atoms with E-state index in [0.29, 0.717) is 5.92 Å². The average Bonchev–Trinajstić information content (AvgIpc) is 2.86. The SMILES string of the molecule is CC(C)c1csc(-c2cc[n+](CCS(=O)(=O)O)nc2)n1. The smallest absolute Gasteiger partial charge is 0.271 e. The molecule has 0 unspecified atom stereocenters. The number of rotatable bonds is 5. The van der Waals surface area contributed by atoms with Crippen molar-refractivity contribution in [3.8, 4) is 10.6 Å². The first-order valence-electron chi connectivity index (χ1n) is 6.12. The summed E-state index contributed by atoms with van der Waals surface area (Å²) in [4.78, 5) is 4.53. The van der Waals surface area contributed by atoms with Gasteiger partial charge in [-0.3, -0.25) is 4.55 Å². The van der Waals surface area contributed by atoms with Crippen LogP contribution < -0.4 is 4.68 Å². The lowest BCUT2D eigenvalue weighted by Crippen LogP contribution is -2.40. The van der Waals surface area contributed by atoms with Gasteiger partial charge in [0.1, 0.15) is 17.0 Å². The molecule has 2 aromatic rings. The van der Waals surface area contributed by atoms with Crippen LogP contribution >= 0.6 is 11.3 Å². The molecule has 0 saturated carbocycles. The van der Waals surface area contributed by atoms with Crippen molar-refractivity contribution in [3.63, 3.8) is 0 Å². The average molecular weight is 314 g/mol. The van der Waals surface area contributed by atoms with E-state index in [1.807, 2.05) is 11.4 Å². The van der Waals surface area contributed by atoms with Crippen LogP contribution in [0.15, 0.2) is 23.8 Å². The molecule has 2 heterocycles. The first kappa shape index (κ1) is 15.0. The van der Waals surface area contributed by atoms with Crippen LogP contribution in [0.25, 0.3) is 10.6 Å². The van der Waals surface area contributed by atoms with E-state index in [-0.39, 0.29) is 12.3 Å². The zero-order valence-corrected chi connectivity index (χ0v) is 12.9. The van der Waals surface area contributed by atoms with Gasteiger partial charge in [0.15, 0.2) is 12.7 Å². The lowest BCUT2D eigenvalue weighted by molar-refractivity contribution is -0.750. The van der Waals surface area contributed by atoms with E-state index in [0.717, 1.165) is 16.3 Å². The summed E-state index contributed by atoms with van der Waals surface area (Å²) in [5.41, 5.74) is 1.94. The van der Waals surface area contributed by atoms with Gasteiger partial charge in [0.05, 0.1) is 5.69 Å². The van der Waals surface area contributed by atoms with Gasteiger partial charge in [0, 0.05) is 17.0 Å². The molecule has 0 aromatic carbocycles. The molecular weight excluding hydrogens is 298 g/mol. The van der Waals surface area contributed by atoms with Gasteiger partial charge < -0.3 is 0 Å². The van der Waals surface area contributed by atoms with Crippen molar-refractivity contribution in [1.82, 2.24) is 10.1 Å². The molecule has 8 heteroatoms. The molecule has 1 N–H and O–H groups in total. The minimum Gasteiger partial charge on any atom is -0.285 e. The molecule has 2 aromatic heterocycles. The fraction of sp³-hybridized carbons (Fsp3) is 0.417. The minimum atomic E-state index is -3.96. The van der Waals surface area contributed by atoms with Gasteiger partial charge in [-0.05, 0) is 11.0 Å². The van der Waals surface area contributed by atoms with Gasteiger partial charge >= 0.3 is 0 Å². The molecule has 108 valence electrons. The Bertz CT molecular complexity index is 678. The first-order valence-corrected chi connectivity index (χ1v) is 8.61. The van der Waals surface area contributed by atoms with Crippen molar-refractivity contribution < 1.29 is 17.7 Å². The van der Waals surface area contributed by atoms with Crippen LogP contribution in [-0.4, -0.2) is 28.8 Å². The summed E-state index contributed by atoms with van der Waals surface area (Å²) in [5, 5.41) is 7.04. The van der Waals surface area contributed by atoms with Gasteiger partial charge in [0.25, 0.3) is 10.1 Å². The highest BCUT2D eigenvalue weighted by atomic mass is 32.2. The number of aryl methyl sites for hydroxylation is 1. The summed E-state index contributed by atoms with van der Waals surface area (Å²) in [6.45, 7) is 4.30. The van der Waals surface area contributed by atoms with E-state index in [9.17, 15) is 8.42 Å². The van der Waals surface area contributed by atoms with Crippen molar-refractivity contribution in [2.24, 2.45) is 0 Å². The topological polar surface area (TPSA) is 84.0 Å². The highest BCUT2D eigenvalue weighted by Gasteiger charge is 2.13. The van der Waals surface area contributed by atoms with Gasteiger partial charge in [-0.2, -0.15) is 8.42 Å². The van der Waals surface area contributed by atoms with E-state index in [1.165, 1.54) is 4.68 Å². The molecule has 0 radical (unpaired) electrons. The first-order chi connectivity index (χ1) is 9.35. The second kappa shape index (κ2) is 5.94. The summed E-state index contributed by atoms with van der Waals surface area (Å²) < 4.78 is 31.5. The third kappa shape index (κ3) is 4.06. The van der Waals surface area contributed by atoms with Crippen molar-refractivity contribution in [1.29, 1.82) is 0 Å². The lowest BCUT2D eigenvalue weighted by Gasteiger charge is -1.97. The normalized spacial score (nSPS) is 12.0. The van der Waals surface area contributed by atoms with Crippen LogP contribution in [0.3, 0.4) is 0 Å². The van der Waals surface area contributed by atoms with Crippen LogP contribution in [0, 0.1) is 0 Å². The monoisotopic (exact) mass is 314 g/mol. The largest absolute Gasteiger partial charge is 0.285 e. The molecule has 20 heavy (non-hydrogen) atoms. The van der Waals surface area contributed by atoms with E-state index in [4.69, 9.17) is 4.55 Å². The Balaban J connectivity index is 2.11. The summed E-state index contributed by atoms with van der Waals surface area (Å²) in [5.74, 6) is 0.0371. The summed E-state index contributed by atoms with van der Waals surface area (Å²) in [6.07, 6.45) is 3.32. The van der Waals surface area contributed by atoms with Gasteiger partial charge in [0.2, 0.25) is 0 Å². The Hall–Kier alpha value is -1.38. The van der Waals surface area contributed by atoms with Gasteiger partial charge in [-0.15, -0.1) is 11.3 Å². The zero-order valence-electron chi connectivity index (χ0n) is 11.2. The summed E-state index contributed by atoms with van der Waals surface area (Å²) in [6, 6.07) is 1.83. The van der Waals surface area contributed by atoms with Crippen LogP contribution in [0.2, 0.25) is 0 Å². The molecule has 0 saturated heterocycles. The predicted octanol–water partition coefficient (Wildman–Crippen LogP) is 1.50. The van der Waals surface area contributed by atoms with Crippen LogP contribution in [0.4, 0.5) is 0 Å². The Morgan fingerprint density at radius 3 is 2.70 bits per heavy atom. The number of nitrogens with zero attached hydrogens (tertiary/aromatic N) is 3. The molecule has 2 rings (SSSR count). The molecule has 0 aliphatic heterocycles. The highest BCUT2D eigenvalue weighted by Crippen LogP contribution is 2.25. The van der Waals surface area contributed by atoms with E-state index < -0.39 is 10.1 Å². The molecule has 0 atom stereocenters. The van der Waals surface area contributed by atoms with Gasteiger partial charge in [-0.25, -0.2) is 4.98 Å². The van der Waals surface area contributed by atoms with E-state index in [2.05, 4.69) is 23.9 Å². The second-order valence-corrected chi connectivity index (χ2v) is 7.13. The predicted molar refractivity (Wildman–Crippen MR) is 76.0 cm³/mol. The van der Waals surface area contributed by atoms with Crippen molar-refractivity contribution in [2.45, 2.75) is 26.3 Å². The number of hydrogen-bond donors (Lipinski definition) is 1. The Morgan fingerprint density at radius 2 is 2.20 bits per heavy atom. The molecule has 0 aliphatic rings. The standard InChI is InChI=1S/C12H15N3O3S2/c1-9(2)11-8-19-12(14-11)10-3-4-15(13-7-10)5-6-20(16,17)18/h3-4,7-9H,5-6H2,1-2H3/p+1. The number of thiazole rings is 1. The summed E-state index contributed by atoms with van der Waals surface area (Å²) >= 11 is 1.56. The fourth-order valence-corrected chi connectivity index (χ4v) is 2.93. The Morgan fingerprint density at radius 1 is 1.45 bits per heavy atom. The quantitative estimate of drug-likeness (QED) is 0.668. The van der Waals surface area contributed by atoms with Crippen LogP contribution in [0.5, 0.6) is 0 Å². The Labute approximate surface area is 121 Å². The maximum Gasteiger partial charge on any atom is 0.271 e. The number of aromatic nitrogens is 3. The second-order valence-electron chi connectivity index (χ2n) is 4.70. The zero-order chi connectivity index (χ0) is 14.8. The fourth-order valence-electron chi connectivity index (χ4n) is 1.54. The molecule has 0 bridgehead atoms. The van der Waals surface area contributed by atoms with Crippen LogP contribution in [-0.2, 0) is 16.7 Å². The number of hydrogen-bond acceptors (Lipinski definition) is 5. The van der Waals surface area contributed by atoms with E-state index in [1.54, 1.807) is 23.7 Å². The van der Waals surface area contributed by atoms with Crippen LogP contribution in [0.1, 0.15) is 25.5 Å². The third-order valence-electron chi connectivity index (χ3n) is 2.71. The lowest BCUT2D eigenvalue weighted by atomic mass is 10.2. The molecule has 0 fully saturated rings. The molecule has 0 amide bonds. The summed E-state index contributed by atoms with van der Waals surface area (Å²) in [7, 11) is -3.96. The maximum atomic E-state index is 10.7. The van der Waals surface area contributed by atoms with Crippen molar-refractivity contribution in [2.75, 3.05) is 5.75 Å². The third-order valence-corrected chi connectivity index (χ3v) is 4.32. The minimum absolute atomic E-state index is 0.119. The van der Waals surface area contributed by atoms with E-state index >= 15 is 0 Å². The van der Waals surface area contributed by atoms with Crippen molar-refractivity contribution in [3.05, 3.63) is 29.5 Å². The molecular formula is C12H16N3O3S2+. The molecule has 6 nitrogen and oxygen atoms in total. The maximum absolute atomic E-state index is 10.7. The highest BCUT2D eigenvalue weighted by molar-refractivity contribution is 7.85. The van der Waals surface area contributed by atoms with Crippen molar-refractivity contribution >= 4 is 21.5 Å². The molecule has 0 spiro atoms. The van der Waals surface area contributed by atoms with Gasteiger partial charge in [-0.1, -0.05) is 18.5 Å². The Kier molecular flexibility index (Phi) is 4.46. The molecule has 0 aliphatic carbocycles.